The molecule has 4 rings (SSSR count). The summed E-state index contributed by atoms with van der Waals surface area (Å²) in [5.41, 5.74) is 0.313. The van der Waals surface area contributed by atoms with Gasteiger partial charge >= 0.3 is 0 Å². The molecule has 0 bridgehead atoms. The van der Waals surface area contributed by atoms with Crippen molar-refractivity contribution in [3.8, 4) is 5.75 Å². The van der Waals surface area contributed by atoms with E-state index in [9.17, 15) is 4.55 Å². The summed E-state index contributed by atoms with van der Waals surface area (Å²) in [5.74, 6) is 0.0311. The summed E-state index contributed by atoms with van der Waals surface area (Å²) in [6, 6.07) is 17.0. The standard InChI is InChI=1S/C23H28O6S/c1-15-19-20(29-23(2,3)28-19)21(26-14-16-10-12-17(25-4)13-11-16)22(27-15)30(24)18-8-6-5-7-9-18/h5-13,15,19-22H,14H2,1-4H3/t15-,19+,20+,21-,22?,30?/m0/s1. The van der Waals surface area contributed by atoms with E-state index >= 15 is 0 Å². The highest BCUT2D eigenvalue weighted by Gasteiger charge is 2.58. The van der Waals surface area contributed by atoms with Gasteiger partial charge in [0.2, 0.25) is 0 Å². The molecule has 0 saturated carbocycles. The predicted molar refractivity (Wildman–Crippen MR) is 113 cm³/mol. The van der Waals surface area contributed by atoms with Gasteiger partial charge in [-0.05, 0) is 50.6 Å². The average Bonchev–Trinajstić information content (AvgIpc) is 3.09. The van der Waals surface area contributed by atoms with Gasteiger partial charge in [-0.1, -0.05) is 30.3 Å². The van der Waals surface area contributed by atoms with Crippen LogP contribution in [-0.2, 0) is 36.7 Å². The first-order valence-corrected chi connectivity index (χ1v) is 11.3. The Kier molecular flexibility index (Phi) is 6.39. The van der Waals surface area contributed by atoms with Gasteiger partial charge in [-0.15, -0.1) is 0 Å². The van der Waals surface area contributed by atoms with E-state index in [-0.39, 0.29) is 18.3 Å². The molecule has 2 heterocycles. The van der Waals surface area contributed by atoms with Gasteiger partial charge in [0, 0.05) is 11.2 Å². The molecule has 2 aliphatic heterocycles. The van der Waals surface area contributed by atoms with E-state index < -0.39 is 28.5 Å². The van der Waals surface area contributed by atoms with Crippen molar-refractivity contribution >= 4 is 11.2 Å². The van der Waals surface area contributed by atoms with Crippen LogP contribution in [0.15, 0.2) is 59.5 Å². The Morgan fingerprint density at radius 3 is 2.33 bits per heavy atom. The highest BCUT2D eigenvalue weighted by atomic mass is 32.2. The van der Waals surface area contributed by atoms with Crippen molar-refractivity contribution in [2.24, 2.45) is 0 Å². The lowest BCUT2D eigenvalue weighted by atomic mass is 10.0. The average molecular weight is 433 g/mol. The van der Waals surface area contributed by atoms with Gasteiger partial charge in [0.25, 0.3) is 5.44 Å². The molecule has 0 N–H and O–H groups in total. The third-order valence-electron chi connectivity index (χ3n) is 5.36. The van der Waals surface area contributed by atoms with Crippen LogP contribution in [-0.4, -0.2) is 47.3 Å². The van der Waals surface area contributed by atoms with Crippen LogP contribution in [0.3, 0.4) is 0 Å². The molecule has 7 heteroatoms. The number of hydrogen-bond acceptors (Lipinski definition) is 6. The second-order valence-corrected chi connectivity index (χ2v) is 9.54. The first-order chi connectivity index (χ1) is 14.4. The summed E-state index contributed by atoms with van der Waals surface area (Å²) >= 11 is -1.42. The summed E-state index contributed by atoms with van der Waals surface area (Å²) in [6.07, 6.45) is -1.48. The van der Waals surface area contributed by atoms with Crippen LogP contribution < -0.4 is 4.74 Å². The molecule has 0 spiro atoms. The van der Waals surface area contributed by atoms with Gasteiger partial charge in [0.05, 0.1) is 19.8 Å². The third-order valence-corrected chi connectivity index (χ3v) is 6.89. The molecular formula is C23H28O6S. The van der Waals surface area contributed by atoms with Crippen LogP contribution >= 0.6 is 0 Å². The zero-order valence-electron chi connectivity index (χ0n) is 17.6. The zero-order valence-corrected chi connectivity index (χ0v) is 18.5. The lowest BCUT2D eigenvalue weighted by Gasteiger charge is -2.40. The molecule has 162 valence electrons. The summed E-state index contributed by atoms with van der Waals surface area (Å²) < 4.78 is 43.4. The largest absolute Gasteiger partial charge is 0.609 e. The van der Waals surface area contributed by atoms with E-state index in [1.807, 2.05) is 75.4 Å². The molecule has 2 saturated heterocycles. The van der Waals surface area contributed by atoms with Crippen molar-refractivity contribution in [1.29, 1.82) is 0 Å². The highest BCUT2D eigenvalue weighted by molar-refractivity contribution is 7.92. The number of methoxy groups -OCH3 is 1. The van der Waals surface area contributed by atoms with Gasteiger partial charge in [0.1, 0.15) is 18.0 Å². The molecule has 0 aliphatic carbocycles. The maximum absolute atomic E-state index is 13.4. The maximum atomic E-state index is 13.4. The number of benzene rings is 2. The second kappa shape index (κ2) is 8.86. The van der Waals surface area contributed by atoms with Crippen molar-refractivity contribution in [2.75, 3.05) is 7.11 Å². The van der Waals surface area contributed by atoms with Gasteiger partial charge in [-0.25, -0.2) is 0 Å². The Labute approximate surface area is 180 Å². The van der Waals surface area contributed by atoms with E-state index in [2.05, 4.69) is 0 Å². The number of rotatable bonds is 6. The molecule has 0 radical (unpaired) electrons. The van der Waals surface area contributed by atoms with Gasteiger partial charge < -0.3 is 28.2 Å². The lowest BCUT2D eigenvalue weighted by Crippen LogP contribution is -2.58. The molecule has 2 aromatic carbocycles. The fraction of sp³-hybridized carbons (Fsp3) is 0.478. The molecule has 2 fully saturated rings. The fourth-order valence-corrected chi connectivity index (χ4v) is 5.35. The third kappa shape index (κ3) is 4.51. The number of hydrogen-bond donors (Lipinski definition) is 0. The molecule has 2 unspecified atom stereocenters. The van der Waals surface area contributed by atoms with E-state index in [1.165, 1.54) is 0 Å². The first kappa shape index (κ1) is 21.6. The van der Waals surface area contributed by atoms with Crippen LogP contribution in [0.4, 0.5) is 0 Å². The maximum Gasteiger partial charge on any atom is 0.250 e. The monoisotopic (exact) mass is 432 g/mol. The lowest BCUT2D eigenvalue weighted by molar-refractivity contribution is -0.178. The quantitative estimate of drug-likeness (QED) is 0.649. The summed E-state index contributed by atoms with van der Waals surface area (Å²) in [6.45, 7) is 6.02. The van der Waals surface area contributed by atoms with E-state index in [0.29, 0.717) is 11.5 Å². The van der Waals surface area contributed by atoms with Crippen molar-refractivity contribution in [2.45, 2.75) is 67.9 Å². The smallest absolute Gasteiger partial charge is 0.250 e. The second-order valence-electron chi connectivity index (χ2n) is 8.01. The normalized spacial score (nSPS) is 31.2. The fourth-order valence-electron chi connectivity index (χ4n) is 3.90. The van der Waals surface area contributed by atoms with Crippen LogP contribution in [0, 0.1) is 0 Å². The molecular weight excluding hydrogens is 404 g/mol. The molecule has 6 nitrogen and oxygen atoms in total. The van der Waals surface area contributed by atoms with E-state index in [1.54, 1.807) is 7.11 Å². The topological polar surface area (TPSA) is 69.2 Å². The molecule has 6 atom stereocenters. The summed E-state index contributed by atoms with van der Waals surface area (Å²) in [7, 11) is 1.63. The summed E-state index contributed by atoms with van der Waals surface area (Å²) in [4.78, 5) is 0.698. The Bertz CT molecular complexity index is 827. The van der Waals surface area contributed by atoms with Crippen molar-refractivity contribution < 1.29 is 28.2 Å². The Hall–Kier alpha value is -1.61. The summed E-state index contributed by atoms with van der Waals surface area (Å²) in [5, 5.41) is 0. The molecule has 0 aromatic heterocycles. The molecule has 0 amide bonds. The number of ether oxygens (including phenoxy) is 5. The van der Waals surface area contributed by atoms with Crippen LogP contribution in [0.2, 0.25) is 0 Å². The Morgan fingerprint density at radius 2 is 1.67 bits per heavy atom. The SMILES string of the molecule is COc1ccc(CO[C@@H]2C([S+]([O-])c3ccccc3)O[C@@H](C)[C@H]3OC(C)(C)O[C@H]32)cc1. The molecule has 30 heavy (non-hydrogen) atoms. The van der Waals surface area contributed by atoms with Crippen LogP contribution in [0.5, 0.6) is 5.75 Å². The Morgan fingerprint density at radius 1 is 1.00 bits per heavy atom. The van der Waals surface area contributed by atoms with Gasteiger partial charge in [0.15, 0.2) is 16.8 Å². The van der Waals surface area contributed by atoms with Crippen LogP contribution in [0.1, 0.15) is 26.3 Å². The van der Waals surface area contributed by atoms with Crippen molar-refractivity contribution in [3.05, 3.63) is 60.2 Å². The highest BCUT2D eigenvalue weighted by Crippen LogP contribution is 2.41. The van der Waals surface area contributed by atoms with Crippen molar-refractivity contribution in [3.63, 3.8) is 0 Å². The van der Waals surface area contributed by atoms with Gasteiger partial charge in [-0.2, -0.15) is 0 Å². The van der Waals surface area contributed by atoms with E-state index in [0.717, 1.165) is 11.3 Å². The zero-order chi connectivity index (χ0) is 21.3. The number of fused-ring (bicyclic) bond motifs is 1. The molecule has 2 aromatic rings. The Balaban J connectivity index is 1.58. The molecule has 2 aliphatic rings. The predicted octanol–water partition coefficient (Wildman–Crippen LogP) is 3.65. The minimum Gasteiger partial charge on any atom is -0.609 e. The minimum absolute atomic E-state index is 0.268. The van der Waals surface area contributed by atoms with Crippen molar-refractivity contribution in [1.82, 2.24) is 0 Å². The first-order valence-electron chi connectivity index (χ1n) is 10.1. The van der Waals surface area contributed by atoms with Gasteiger partial charge in [-0.3, -0.25) is 0 Å². The van der Waals surface area contributed by atoms with E-state index in [4.69, 9.17) is 23.7 Å². The van der Waals surface area contributed by atoms with Crippen LogP contribution in [0.25, 0.3) is 0 Å². The minimum atomic E-state index is -1.42.